The third-order valence-electron chi connectivity index (χ3n) is 6.78. The van der Waals surface area contributed by atoms with Gasteiger partial charge in [0.05, 0.1) is 17.9 Å². The monoisotopic (exact) mass is 429 g/mol. The summed E-state index contributed by atoms with van der Waals surface area (Å²) in [6.45, 7) is 5.87. The summed E-state index contributed by atoms with van der Waals surface area (Å²) in [7, 11) is 0. The van der Waals surface area contributed by atoms with Crippen molar-refractivity contribution in [3.63, 3.8) is 0 Å². The highest BCUT2D eigenvalue weighted by Crippen LogP contribution is 2.42. The van der Waals surface area contributed by atoms with Crippen LogP contribution in [-0.2, 0) is 11.2 Å². The van der Waals surface area contributed by atoms with Crippen LogP contribution in [0.25, 0.3) is 11.1 Å². The molecule has 3 heterocycles. The van der Waals surface area contributed by atoms with E-state index < -0.39 is 0 Å². The molecule has 6 heteroatoms. The molecule has 0 saturated carbocycles. The topological polar surface area (TPSA) is 62.2 Å². The van der Waals surface area contributed by atoms with E-state index >= 15 is 0 Å². The molecule has 3 aromatic rings. The molecule has 166 valence electrons. The molecule has 1 fully saturated rings. The quantitative estimate of drug-likeness (QED) is 0.619. The van der Waals surface area contributed by atoms with Crippen LogP contribution >= 0.6 is 0 Å². The van der Waals surface area contributed by atoms with Gasteiger partial charge in [-0.25, -0.2) is 0 Å². The highest BCUT2D eigenvalue weighted by Gasteiger charge is 2.29. The van der Waals surface area contributed by atoms with E-state index in [4.69, 9.17) is 5.10 Å². The lowest BCUT2D eigenvalue weighted by Gasteiger charge is -2.36. The number of piperidine rings is 1. The molecule has 0 spiro atoms. The Morgan fingerprint density at radius 2 is 1.88 bits per heavy atom. The number of nitrogens with zero attached hydrogens (tertiary/aromatic N) is 3. The van der Waals surface area contributed by atoms with E-state index in [0.717, 1.165) is 67.0 Å². The molecule has 0 aliphatic carbocycles. The average molecular weight is 430 g/mol. The summed E-state index contributed by atoms with van der Waals surface area (Å²) >= 11 is 0. The number of fused-ring (bicyclic) bond motifs is 1. The molecule has 5 rings (SSSR count). The molecular weight excluding hydrogens is 398 g/mol. The fraction of sp³-hybridized carbons (Fsp3) is 0.385. The normalized spacial score (nSPS) is 18.9. The minimum atomic E-state index is 0.0931. The van der Waals surface area contributed by atoms with Gasteiger partial charge in [0.1, 0.15) is 0 Å². The van der Waals surface area contributed by atoms with Crippen molar-refractivity contribution in [1.82, 2.24) is 15.1 Å². The van der Waals surface area contributed by atoms with E-state index in [9.17, 15) is 4.79 Å². The summed E-state index contributed by atoms with van der Waals surface area (Å²) in [5.41, 5.74) is 6.58. The minimum Gasteiger partial charge on any atom is -0.355 e. The Balaban J connectivity index is 1.59. The van der Waals surface area contributed by atoms with E-state index in [-0.39, 0.29) is 11.9 Å². The zero-order chi connectivity index (χ0) is 22.1. The van der Waals surface area contributed by atoms with E-state index in [2.05, 4.69) is 52.7 Å². The summed E-state index contributed by atoms with van der Waals surface area (Å²) in [5.74, 6) is 0.0931. The lowest BCUT2D eigenvalue weighted by Crippen LogP contribution is -2.40. The van der Waals surface area contributed by atoms with Crippen LogP contribution in [0.3, 0.4) is 0 Å². The number of rotatable bonds is 4. The Bertz CT molecular complexity index is 1100. The number of amides is 1. The Kier molecular flexibility index (Phi) is 5.70. The van der Waals surface area contributed by atoms with Gasteiger partial charge in [0.2, 0.25) is 5.91 Å². The first-order valence-electron chi connectivity index (χ1n) is 11.6. The highest BCUT2D eigenvalue weighted by molar-refractivity contribution is 5.97. The van der Waals surface area contributed by atoms with E-state index in [1.54, 1.807) is 6.92 Å². The van der Waals surface area contributed by atoms with Gasteiger partial charge in [-0.05, 0) is 63.9 Å². The van der Waals surface area contributed by atoms with E-state index in [1.165, 1.54) is 5.56 Å². The summed E-state index contributed by atoms with van der Waals surface area (Å²) in [6, 6.07) is 15.2. The Hall–Kier alpha value is -3.12. The second-order valence-corrected chi connectivity index (χ2v) is 8.94. The molecule has 1 atom stereocenters. The van der Waals surface area contributed by atoms with Gasteiger partial charge >= 0.3 is 0 Å². The van der Waals surface area contributed by atoms with Crippen LogP contribution in [0.4, 0.5) is 17.1 Å². The number of anilines is 3. The minimum absolute atomic E-state index is 0.0931. The number of hydrogen-bond acceptors (Lipinski definition) is 4. The standard InChI is InChI=1S/C26H31N5O/c1-18-8-9-24-25(31(18)19(2)32)11-10-23(26(24)29-21-6-4-3-5-7-21)20-16-28-30(17-20)22-12-14-27-15-13-22/h3-7,10-11,16-18,22,27,29H,8-9,12-15H2,1-2H3/t18-/m0/s1. The maximum Gasteiger partial charge on any atom is 0.224 e. The smallest absolute Gasteiger partial charge is 0.224 e. The van der Waals surface area contributed by atoms with E-state index in [0.29, 0.717) is 6.04 Å². The Morgan fingerprint density at radius 1 is 1.09 bits per heavy atom. The van der Waals surface area contributed by atoms with Crippen LogP contribution in [0.2, 0.25) is 0 Å². The summed E-state index contributed by atoms with van der Waals surface area (Å²) in [6.07, 6.45) is 8.26. The van der Waals surface area contributed by atoms with Gasteiger partial charge in [-0.3, -0.25) is 9.48 Å². The first kappa shape index (κ1) is 20.8. The van der Waals surface area contributed by atoms with Crippen LogP contribution in [0.15, 0.2) is 54.9 Å². The lowest BCUT2D eigenvalue weighted by molar-refractivity contribution is -0.117. The number of nitrogens with one attached hydrogen (secondary N) is 2. The van der Waals surface area contributed by atoms with Crippen molar-refractivity contribution in [3.05, 3.63) is 60.4 Å². The zero-order valence-electron chi connectivity index (χ0n) is 18.8. The second kappa shape index (κ2) is 8.79. The van der Waals surface area contributed by atoms with Crippen LogP contribution in [0.1, 0.15) is 44.7 Å². The van der Waals surface area contributed by atoms with Crippen LogP contribution in [0.5, 0.6) is 0 Å². The van der Waals surface area contributed by atoms with Crippen molar-refractivity contribution in [2.24, 2.45) is 0 Å². The fourth-order valence-electron chi connectivity index (χ4n) is 5.11. The van der Waals surface area contributed by atoms with Gasteiger partial charge < -0.3 is 15.5 Å². The van der Waals surface area contributed by atoms with Crippen molar-refractivity contribution in [2.75, 3.05) is 23.3 Å². The third-order valence-corrected chi connectivity index (χ3v) is 6.78. The molecule has 0 radical (unpaired) electrons. The third kappa shape index (κ3) is 3.91. The summed E-state index contributed by atoms with van der Waals surface area (Å²) in [5, 5.41) is 11.8. The van der Waals surface area contributed by atoms with E-state index in [1.807, 2.05) is 29.3 Å². The molecule has 0 bridgehead atoms. The SMILES string of the molecule is CC(=O)N1c2ccc(-c3cnn(C4CCNCC4)c3)c(Nc3ccccc3)c2CC[C@@H]1C. The van der Waals surface area contributed by atoms with Crippen LogP contribution < -0.4 is 15.5 Å². The van der Waals surface area contributed by atoms with Gasteiger partial charge in [0, 0.05) is 47.2 Å². The molecule has 6 nitrogen and oxygen atoms in total. The molecule has 2 aliphatic rings. The van der Waals surface area contributed by atoms with Gasteiger partial charge in [-0.15, -0.1) is 0 Å². The largest absolute Gasteiger partial charge is 0.355 e. The molecule has 1 amide bonds. The number of aromatic nitrogens is 2. The number of benzene rings is 2. The first-order valence-corrected chi connectivity index (χ1v) is 11.6. The maximum atomic E-state index is 12.5. The predicted molar refractivity (Wildman–Crippen MR) is 129 cm³/mol. The molecular formula is C26H31N5O. The first-order chi connectivity index (χ1) is 15.6. The number of carbonyl (C=O) groups excluding carboxylic acids is 1. The van der Waals surface area contributed by atoms with Crippen molar-refractivity contribution in [2.45, 2.75) is 51.6 Å². The number of carbonyl (C=O) groups is 1. The molecule has 0 unspecified atom stereocenters. The highest BCUT2D eigenvalue weighted by atomic mass is 16.2. The zero-order valence-corrected chi connectivity index (χ0v) is 18.8. The Labute approximate surface area is 189 Å². The maximum absolute atomic E-state index is 12.5. The van der Waals surface area contributed by atoms with Crippen molar-refractivity contribution in [1.29, 1.82) is 0 Å². The molecule has 32 heavy (non-hydrogen) atoms. The average Bonchev–Trinajstić information content (AvgIpc) is 3.30. The van der Waals surface area contributed by atoms with Crippen molar-refractivity contribution < 1.29 is 4.79 Å². The Morgan fingerprint density at radius 3 is 2.62 bits per heavy atom. The van der Waals surface area contributed by atoms with Gasteiger partial charge in [-0.2, -0.15) is 5.10 Å². The summed E-state index contributed by atoms with van der Waals surface area (Å²) in [4.78, 5) is 14.4. The molecule has 1 aromatic heterocycles. The molecule has 2 aliphatic heterocycles. The molecule has 2 aromatic carbocycles. The van der Waals surface area contributed by atoms with Crippen LogP contribution in [-0.4, -0.2) is 34.8 Å². The number of para-hydroxylation sites is 1. The van der Waals surface area contributed by atoms with Crippen LogP contribution in [0, 0.1) is 0 Å². The lowest BCUT2D eigenvalue weighted by atomic mass is 9.91. The molecule has 1 saturated heterocycles. The van der Waals surface area contributed by atoms with Gasteiger partial charge in [0.25, 0.3) is 0 Å². The molecule has 2 N–H and O–H groups in total. The fourth-order valence-corrected chi connectivity index (χ4v) is 5.11. The second-order valence-electron chi connectivity index (χ2n) is 8.94. The summed E-state index contributed by atoms with van der Waals surface area (Å²) < 4.78 is 2.13. The number of hydrogen-bond donors (Lipinski definition) is 2. The van der Waals surface area contributed by atoms with Gasteiger partial charge in [0.15, 0.2) is 0 Å². The predicted octanol–water partition coefficient (Wildman–Crippen LogP) is 4.91. The van der Waals surface area contributed by atoms with Crippen molar-refractivity contribution in [3.8, 4) is 11.1 Å². The van der Waals surface area contributed by atoms with Gasteiger partial charge in [-0.1, -0.05) is 24.3 Å². The van der Waals surface area contributed by atoms with Crippen molar-refractivity contribution >= 4 is 23.0 Å².